The minimum atomic E-state index is -0.224. The molecule has 2 amide bonds. The number of nitrogens with zero attached hydrogens (tertiary/aromatic N) is 4. The van der Waals surface area contributed by atoms with Crippen molar-refractivity contribution < 1.29 is 4.79 Å². The van der Waals surface area contributed by atoms with Crippen LogP contribution in [0.2, 0.25) is 0 Å². The summed E-state index contributed by atoms with van der Waals surface area (Å²) < 4.78 is 2.24. The van der Waals surface area contributed by atoms with Gasteiger partial charge in [0.15, 0.2) is 0 Å². The quantitative estimate of drug-likeness (QED) is 0.466. The van der Waals surface area contributed by atoms with E-state index in [0.717, 1.165) is 49.4 Å². The Bertz CT molecular complexity index is 1080. The van der Waals surface area contributed by atoms with Gasteiger partial charge in [-0.3, -0.25) is 0 Å². The van der Waals surface area contributed by atoms with Crippen LogP contribution in [0.1, 0.15) is 57.5 Å². The molecule has 0 unspecified atom stereocenters. The second-order valence-electron chi connectivity index (χ2n) is 10.5. The highest BCUT2D eigenvalue weighted by atomic mass is 16.2. The lowest BCUT2D eigenvalue weighted by atomic mass is 9.84. The molecular formula is C29H39N5O. The summed E-state index contributed by atoms with van der Waals surface area (Å²) in [6, 6.07) is 20.6. The Morgan fingerprint density at radius 2 is 1.66 bits per heavy atom. The minimum absolute atomic E-state index is 0.103. The van der Waals surface area contributed by atoms with Crippen molar-refractivity contribution in [2.75, 3.05) is 26.2 Å². The van der Waals surface area contributed by atoms with Gasteiger partial charge in [0.25, 0.3) is 0 Å². The second-order valence-corrected chi connectivity index (χ2v) is 10.5. The minimum Gasteiger partial charge on any atom is -0.330 e. The number of carbonyl (C=O) groups excluding carboxylic acids is 1. The first-order valence-corrected chi connectivity index (χ1v) is 12.8. The number of hydrogen-bond donors (Lipinski definition) is 1. The van der Waals surface area contributed by atoms with E-state index < -0.39 is 0 Å². The number of aromatic nitrogens is 2. The van der Waals surface area contributed by atoms with Crippen molar-refractivity contribution in [2.24, 2.45) is 11.1 Å². The van der Waals surface area contributed by atoms with Crippen LogP contribution >= 0.6 is 0 Å². The number of likely N-dealkylation sites (tertiary alicyclic amines) is 1. The van der Waals surface area contributed by atoms with Crippen LogP contribution in [0.5, 0.6) is 0 Å². The van der Waals surface area contributed by atoms with Crippen molar-refractivity contribution in [3.8, 4) is 11.3 Å². The zero-order chi connectivity index (χ0) is 24.8. The summed E-state index contributed by atoms with van der Waals surface area (Å²) in [5.74, 6) is 0.921. The monoisotopic (exact) mass is 473 g/mol. The number of carbonyl (C=O) groups is 1. The molecular weight excluding hydrogens is 434 g/mol. The van der Waals surface area contributed by atoms with Crippen molar-refractivity contribution in [3.63, 3.8) is 0 Å². The van der Waals surface area contributed by atoms with Crippen LogP contribution in [-0.2, 0) is 6.54 Å². The van der Waals surface area contributed by atoms with Gasteiger partial charge in [-0.15, -0.1) is 0 Å². The lowest BCUT2D eigenvalue weighted by molar-refractivity contribution is 0.0878. The SMILES string of the molecule is CC(C)(C)[C@H](c1nc(-c2ccccc2)cn1Cc1ccccc1)N(CCCN)C(=O)N1CCCC1. The van der Waals surface area contributed by atoms with E-state index in [0.29, 0.717) is 19.6 Å². The number of benzene rings is 2. The molecule has 0 bridgehead atoms. The van der Waals surface area contributed by atoms with E-state index in [1.165, 1.54) is 5.56 Å². The van der Waals surface area contributed by atoms with Gasteiger partial charge in [0.05, 0.1) is 11.7 Å². The van der Waals surface area contributed by atoms with E-state index >= 15 is 0 Å². The maximum absolute atomic E-state index is 13.8. The second kappa shape index (κ2) is 11.1. The van der Waals surface area contributed by atoms with Gasteiger partial charge in [0.2, 0.25) is 0 Å². The van der Waals surface area contributed by atoms with E-state index in [4.69, 9.17) is 10.7 Å². The van der Waals surface area contributed by atoms with E-state index in [2.05, 4.69) is 67.9 Å². The molecule has 2 heterocycles. The van der Waals surface area contributed by atoms with Crippen molar-refractivity contribution in [3.05, 3.63) is 78.2 Å². The summed E-state index contributed by atoms with van der Waals surface area (Å²) in [4.78, 5) is 23.1. The fourth-order valence-corrected chi connectivity index (χ4v) is 4.98. The molecule has 6 nitrogen and oxygen atoms in total. The maximum atomic E-state index is 13.8. The van der Waals surface area contributed by atoms with Crippen LogP contribution in [0.15, 0.2) is 66.9 Å². The van der Waals surface area contributed by atoms with Crippen molar-refractivity contribution in [1.29, 1.82) is 0 Å². The molecule has 0 spiro atoms. The van der Waals surface area contributed by atoms with Gasteiger partial charge >= 0.3 is 6.03 Å². The first-order chi connectivity index (χ1) is 16.9. The lowest BCUT2D eigenvalue weighted by Crippen LogP contribution is -2.48. The summed E-state index contributed by atoms with van der Waals surface area (Å²) in [6.45, 7) is 10.1. The number of rotatable bonds is 8. The topological polar surface area (TPSA) is 67.4 Å². The third kappa shape index (κ3) is 5.93. The molecule has 0 radical (unpaired) electrons. The molecule has 4 rings (SSSR count). The molecule has 186 valence electrons. The van der Waals surface area contributed by atoms with Gasteiger partial charge in [-0.05, 0) is 36.8 Å². The van der Waals surface area contributed by atoms with Gasteiger partial charge in [0, 0.05) is 37.9 Å². The molecule has 2 aromatic carbocycles. The molecule has 1 fully saturated rings. The molecule has 1 saturated heterocycles. The Hall–Kier alpha value is -3.12. The number of nitrogens with two attached hydrogens (primary N) is 1. The highest BCUT2D eigenvalue weighted by molar-refractivity contribution is 5.75. The molecule has 3 aromatic rings. The fraction of sp³-hybridized carbons (Fsp3) is 0.448. The van der Waals surface area contributed by atoms with Crippen LogP contribution in [0.4, 0.5) is 4.79 Å². The van der Waals surface area contributed by atoms with Crippen molar-refractivity contribution in [2.45, 2.75) is 52.6 Å². The van der Waals surface area contributed by atoms with Crippen LogP contribution in [-0.4, -0.2) is 51.6 Å². The summed E-state index contributed by atoms with van der Waals surface area (Å²) >= 11 is 0. The first kappa shape index (κ1) is 25.0. The molecule has 1 aromatic heterocycles. The van der Waals surface area contributed by atoms with Crippen LogP contribution in [0, 0.1) is 5.41 Å². The number of amides is 2. The summed E-state index contributed by atoms with van der Waals surface area (Å²) in [5.41, 5.74) is 8.91. The Morgan fingerprint density at radius 3 is 2.26 bits per heavy atom. The zero-order valence-corrected chi connectivity index (χ0v) is 21.4. The van der Waals surface area contributed by atoms with Gasteiger partial charge in [-0.25, -0.2) is 9.78 Å². The fourth-order valence-electron chi connectivity index (χ4n) is 4.98. The van der Waals surface area contributed by atoms with Gasteiger partial charge in [0.1, 0.15) is 5.82 Å². The maximum Gasteiger partial charge on any atom is 0.320 e. The zero-order valence-electron chi connectivity index (χ0n) is 21.4. The molecule has 0 saturated carbocycles. The molecule has 6 heteroatoms. The highest BCUT2D eigenvalue weighted by Gasteiger charge is 2.40. The first-order valence-electron chi connectivity index (χ1n) is 12.8. The highest BCUT2D eigenvalue weighted by Crippen LogP contribution is 2.40. The molecule has 1 aliphatic heterocycles. The van der Waals surface area contributed by atoms with Gasteiger partial charge < -0.3 is 20.1 Å². The van der Waals surface area contributed by atoms with E-state index in [1.54, 1.807) is 0 Å². The standard InChI is InChI=1S/C29H39N5O/c1-29(2,3)26(34(20-12-17-30)28(35)32-18-10-11-19-32)27-31-25(24-15-8-5-9-16-24)22-33(27)21-23-13-6-4-7-14-23/h4-9,13-16,22,26H,10-12,17-21,30H2,1-3H3/t26-/m0/s1. The van der Waals surface area contributed by atoms with E-state index in [-0.39, 0.29) is 17.5 Å². The van der Waals surface area contributed by atoms with Crippen LogP contribution in [0.3, 0.4) is 0 Å². The van der Waals surface area contributed by atoms with Gasteiger partial charge in [-0.1, -0.05) is 81.4 Å². The molecule has 1 aliphatic rings. The molecule has 1 atom stereocenters. The molecule has 0 aliphatic carbocycles. The average Bonchev–Trinajstić information content (AvgIpc) is 3.53. The van der Waals surface area contributed by atoms with Gasteiger partial charge in [-0.2, -0.15) is 0 Å². The number of imidazole rings is 1. The predicted octanol–water partition coefficient (Wildman–Crippen LogP) is 5.55. The van der Waals surface area contributed by atoms with Crippen LogP contribution in [0.25, 0.3) is 11.3 Å². The largest absolute Gasteiger partial charge is 0.330 e. The number of hydrogen-bond acceptors (Lipinski definition) is 3. The van der Waals surface area contributed by atoms with Crippen molar-refractivity contribution in [1.82, 2.24) is 19.4 Å². The van der Waals surface area contributed by atoms with E-state index in [9.17, 15) is 4.79 Å². The summed E-state index contributed by atoms with van der Waals surface area (Å²) in [5, 5.41) is 0. The molecule has 35 heavy (non-hydrogen) atoms. The van der Waals surface area contributed by atoms with Crippen LogP contribution < -0.4 is 5.73 Å². The lowest BCUT2D eigenvalue weighted by Gasteiger charge is -2.41. The normalized spacial score (nSPS) is 14.8. The smallest absolute Gasteiger partial charge is 0.320 e. The Morgan fingerprint density at radius 1 is 1.03 bits per heavy atom. The third-order valence-electron chi connectivity index (χ3n) is 6.67. The average molecular weight is 474 g/mol. The Kier molecular flexibility index (Phi) is 7.91. The Labute approximate surface area is 209 Å². The van der Waals surface area contributed by atoms with Crippen molar-refractivity contribution >= 4 is 6.03 Å². The Balaban J connectivity index is 1.81. The third-order valence-corrected chi connectivity index (χ3v) is 6.67. The molecule has 2 N–H and O–H groups in total. The summed E-state index contributed by atoms with van der Waals surface area (Å²) in [6.07, 6.45) is 5.03. The number of urea groups is 1. The summed E-state index contributed by atoms with van der Waals surface area (Å²) in [7, 11) is 0. The van der Waals surface area contributed by atoms with E-state index in [1.807, 2.05) is 34.1 Å². The predicted molar refractivity (Wildman–Crippen MR) is 142 cm³/mol.